The lowest BCUT2D eigenvalue weighted by molar-refractivity contribution is -0.153. The second-order valence-electron chi connectivity index (χ2n) is 14.4. The molecule has 2 fully saturated rings. The van der Waals surface area contributed by atoms with Gasteiger partial charge in [-0.25, -0.2) is 0 Å². The molecule has 2 amide bonds. The van der Waals surface area contributed by atoms with Crippen LogP contribution >= 0.6 is 0 Å². The summed E-state index contributed by atoms with van der Waals surface area (Å²) < 4.78 is 0. The number of aliphatic hydroxyl groups excluding tert-OH is 2. The van der Waals surface area contributed by atoms with E-state index in [0.717, 1.165) is 6.54 Å². The van der Waals surface area contributed by atoms with E-state index in [2.05, 4.69) is 31.0 Å². The first-order chi connectivity index (χ1) is 20.8. The monoisotopic (exact) mass is 625 g/mol. The highest BCUT2D eigenvalue weighted by atomic mass is 16.3. The van der Waals surface area contributed by atoms with Crippen LogP contribution in [-0.4, -0.2) is 113 Å². The number of rotatable bonds is 6. The largest absolute Gasteiger partial charge is 0.508 e. The molecule has 0 spiro atoms. The van der Waals surface area contributed by atoms with Crippen molar-refractivity contribution in [3.05, 3.63) is 34.1 Å². The Morgan fingerprint density at radius 1 is 1.11 bits per heavy atom. The van der Waals surface area contributed by atoms with Crippen LogP contribution in [0.25, 0.3) is 5.76 Å². The van der Waals surface area contributed by atoms with Gasteiger partial charge < -0.3 is 41.3 Å². The molecule has 3 aliphatic carbocycles. The molecule has 1 heterocycles. The molecule has 0 radical (unpaired) electrons. The summed E-state index contributed by atoms with van der Waals surface area (Å²) in [5.74, 6) is -7.81. The Kier molecular flexibility index (Phi) is 7.82. The number of nitrogens with zero attached hydrogens (tertiary/aromatic N) is 3. The fourth-order valence-electron chi connectivity index (χ4n) is 7.56. The molecule has 1 aromatic rings. The molecule has 13 heteroatoms. The summed E-state index contributed by atoms with van der Waals surface area (Å²) in [5.41, 5.74) is 2.72. The van der Waals surface area contributed by atoms with E-state index in [-0.39, 0.29) is 46.9 Å². The van der Waals surface area contributed by atoms with Crippen LogP contribution in [0.1, 0.15) is 38.3 Å². The standard InChI is InChI=1S/C32H43N5O8/c1-31(2,3)13-37-11-15(12-37)30(44)34-18-10-19(35(4)5)16-8-14-9-17-23(36(6)7)26(40)22(29(33)43)28(42)32(17,45)27(41)20(14)25(39)21(16)24(18)38/h10,14-15,17,23,38-39,42,45H,8-9,11-13H2,1-7H3,(H2,33,43)(H,34,44)/t14-,17-,23-,32-/m0/s1. The van der Waals surface area contributed by atoms with Crippen LogP contribution in [-0.2, 0) is 25.6 Å². The number of nitrogens with two attached hydrogens (primary N) is 1. The molecule has 13 nitrogen and oxygen atoms in total. The third-order valence-corrected chi connectivity index (χ3v) is 9.46. The van der Waals surface area contributed by atoms with Crippen molar-refractivity contribution >= 4 is 40.5 Å². The highest BCUT2D eigenvalue weighted by Gasteiger charge is 2.64. The van der Waals surface area contributed by atoms with Gasteiger partial charge in [0.15, 0.2) is 11.4 Å². The summed E-state index contributed by atoms with van der Waals surface area (Å²) in [6.07, 6.45) is 0.138. The number of aromatic hydroxyl groups is 1. The van der Waals surface area contributed by atoms with E-state index in [1.165, 1.54) is 4.90 Å². The van der Waals surface area contributed by atoms with E-state index in [1.54, 1.807) is 39.2 Å². The van der Waals surface area contributed by atoms with Crippen molar-refractivity contribution in [2.75, 3.05) is 58.0 Å². The van der Waals surface area contributed by atoms with Crippen molar-refractivity contribution in [1.82, 2.24) is 9.80 Å². The van der Waals surface area contributed by atoms with E-state index in [0.29, 0.717) is 24.3 Å². The Morgan fingerprint density at radius 2 is 1.73 bits per heavy atom. The second-order valence-corrected chi connectivity index (χ2v) is 14.4. The molecule has 45 heavy (non-hydrogen) atoms. The Morgan fingerprint density at radius 3 is 2.27 bits per heavy atom. The number of Topliss-reactive ketones (excluding diaryl/α,β-unsaturated/α-hetero) is 2. The lowest BCUT2D eigenvalue weighted by Crippen LogP contribution is -2.65. The maximum Gasteiger partial charge on any atom is 0.255 e. The average molecular weight is 626 g/mol. The molecule has 7 N–H and O–H groups in total. The molecule has 1 aliphatic heterocycles. The number of primary amides is 1. The number of likely N-dealkylation sites (N-methyl/N-ethyl adjacent to an activating group) is 1. The molecule has 1 saturated carbocycles. The van der Waals surface area contributed by atoms with Gasteiger partial charge >= 0.3 is 0 Å². The van der Waals surface area contributed by atoms with Gasteiger partial charge in [0, 0.05) is 50.9 Å². The van der Waals surface area contributed by atoms with Gasteiger partial charge in [-0.2, -0.15) is 0 Å². The van der Waals surface area contributed by atoms with Crippen LogP contribution < -0.4 is 16.0 Å². The molecule has 4 aliphatic rings. The van der Waals surface area contributed by atoms with E-state index in [9.17, 15) is 39.6 Å². The fraction of sp³-hybridized carbons (Fsp3) is 0.562. The number of nitrogens with one attached hydrogen (secondary N) is 1. The van der Waals surface area contributed by atoms with Crippen LogP contribution in [0.3, 0.4) is 0 Å². The van der Waals surface area contributed by atoms with Gasteiger partial charge in [0.05, 0.1) is 23.2 Å². The molecular formula is C32H43N5O8. The quantitative estimate of drug-likeness (QED) is 0.194. The zero-order chi connectivity index (χ0) is 33.5. The van der Waals surface area contributed by atoms with Crippen LogP contribution in [0.2, 0.25) is 0 Å². The molecule has 0 bridgehead atoms. The third kappa shape index (κ3) is 5.06. The number of fused-ring (bicyclic) bond motifs is 3. The zero-order valence-corrected chi connectivity index (χ0v) is 26.8. The van der Waals surface area contributed by atoms with Crippen molar-refractivity contribution in [2.45, 2.75) is 45.3 Å². The first kappa shape index (κ1) is 32.5. The molecular weight excluding hydrogens is 582 g/mol. The van der Waals surface area contributed by atoms with E-state index >= 15 is 0 Å². The number of likely N-dealkylation sites (tertiary alicyclic amines) is 1. The molecule has 0 aromatic heterocycles. The lowest BCUT2D eigenvalue weighted by atomic mass is 9.57. The number of hydrogen-bond donors (Lipinski definition) is 6. The van der Waals surface area contributed by atoms with Crippen LogP contribution in [0, 0.1) is 23.2 Å². The summed E-state index contributed by atoms with van der Waals surface area (Å²) in [6.45, 7) is 8.35. The number of phenols is 1. The second kappa shape index (κ2) is 10.8. The Bertz CT molecular complexity index is 1570. The summed E-state index contributed by atoms with van der Waals surface area (Å²) in [7, 11) is 6.64. The number of carbonyl (C=O) groups excluding carboxylic acids is 4. The zero-order valence-electron chi connectivity index (χ0n) is 26.8. The molecule has 1 aromatic carbocycles. The van der Waals surface area contributed by atoms with Gasteiger partial charge in [0.2, 0.25) is 11.7 Å². The summed E-state index contributed by atoms with van der Waals surface area (Å²) in [4.78, 5) is 58.2. The van der Waals surface area contributed by atoms with Crippen LogP contribution in [0.15, 0.2) is 23.0 Å². The normalized spacial score (nSPS) is 27.2. The average Bonchev–Trinajstić information content (AvgIpc) is 2.88. The minimum absolute atomic E-state index is 0.00930. The number of hydrogen-bond acceptors (Lipinski definition) is 11. The maximum atomic E-state index is 14.1. The van der Waals surface area contributed by atoms with E-state index in [1.807, 2.05) is 0 Å². The minimum atomic E-state index is -2.72. The van der Waals surface area contributed by atoms with Crippen molar-refractivity contribution in [2.24, 2.45) is 28.9 Å². The fourth-order valence-corrected chi connectivity index (χ4v) is 7.56. The van der Waals surface area contributed by atoms with Crippen molar-refractivity contribution < 1.29 is 39.6 Å². The first-order valence-corrected chi connectivity index (χ1v) is 15.0. The molecule has 5 rings (SSSR count). The van der Waals surface area contributed by atoms with Gasteiger partial charge in [-0.1, -0.05) is 20.8 Å². The first-order valence-electron chi connectivity index (χ1n) is 15.0. The SMILES string of the molecule is CN(C)c1cc(NC(=O)C2CN(CC(C)(C)C)C2)c(O)c2c1C[C@H]1C[C@H]3[C@H](N(C)C)C(=O)C(C(N)=O)=C(O)[C@@]3(O)C(=O)C1=C2O. The van der Waals surface area contributed by atoms with Gasteiger partial charge in [0.1, 0.15) is 22.8 Å². The van der Waals surface area contributed by atoms with E-state index in [4.69, 9.17) is 5.73 Å². The summed E-state index contributed by atoms with van der Waals surface area (Å²) in [5, 5.41) is 48.8. The highest BCUT2D eigenvalue weighted by molar-refractivity contribution is 6.24. The minimum Gasteiger partial charge on any atom is -0.508 e. The summed E-state index contributed by atoms with van der Waals surface area (Å²) >= 11 is 0. The van der Waals surface area contributed by atoms with Gasteiger partial charge in [-0.15, -0.1) is 0 Å². The number of ketones is 2. The smallest absolute Gasteiger partial charge is 0.255 e. The Hall–Kier alpha value is -3.94. The predicted molar refractivity (Wildman–Crippen MR) is 167 cm³/mol. The van der Waals surface area contributed by atoms with Gasteiger partial charge in [-0.05, 0) is 49.9 Å². The molecule has 0 unspecified atom stereocenters. The maximum absolute atomic E-state index is 14.1. The molecule has 1 saturated heterocycles. The number of benzene rings is 1. The van der Waals surface area contributed by atoms with Crippen molar-refractivity contribution in [3.8, 4) is 5.75 Å². The number of amides is 2. The Labute approximate surface area is 262 Å². The number of carbonyl (C=O) groups is 4. The van der Waals surface area contributed by atoms with Gasteiger partial charge in [-0.3, -0.25) is 24.1 Å². The highest BCUT2D eigenvalue weighted by Crippen LogP contribution is 2.54. The van der Waals surface area contributed by atoms with E-state index < -0.39 is 63.8 Å². The molecule has 4 atom stereocenters. The van der Waals surface area contributed by atoms with Crippen LogP contribution in [0.4, 0.5) is 11.4 Å². The van der Waals surface area contributed by atoms with Gasteiger partial charge in [0.25, 0.3) is 5.91 Å². The van der Waals surface area contributed by atoms with Crippen LogP contribution in [0.5, 0.6) is 5.75 Å². The third-order valence-electron chi connectivity index (χ3n) is 9.46. The number of aliphatic hydroxyl groups is 3. The predicted octanol–water partition coefficient (Wildman–Crippen LogP) is 0.946. The van der Waals surface area contributed by atoms with Crippen molar-refractivity contribution in [3.63, 3.8) is 0 Å². The number of phenolic OH excluding ortho intramolecular Hbond substituents is 1. The summed E-state index contributed by atoms with van der Waals surface area (Å²) in [6, 6.07) is 0.463. The molecule has 244 valence electrons. The topological polar surface area (TPSA) is 197 Å². The number of anilines is 2. The van der Waals surface area contributed by atoms with Crippen molar-refractivity contribution in [1.29, 1.82) is 0 Å². The lowest BCUT2D eigenvalue weighted by Gasteiger charge is -2.50. The Balaban J connectivity index is 1.57.